The van der Waals surface area contributed by atoms with Gasteiger partial charge >= 0.3 is 16.1 Å². The van der Waals surface area contributed by atoms with Crippen LogP contribution in [0.1, 0.15) is 11.1 Å². The Morgan fingerprint density at radius 1 is 0.970 bits per heavy atom. The summed E-state index contributed by atoms with van der Waals surface area (Å²) in [5, 5.41) is 2.86. The quantitative estimate of drug-likeness (QED) is 0.461. The number of carbonyl (C=O) groups is 1. The Hall–Kier alpha value is -3.43. The molecule has 0 aromatic heterocycles. The molecule has 0 fully saturated rings. The first-order valence-electron chi connectivity index (χ1n) is 10.2. The van der Waals surface area contributed by atoms with Crippen molar-refractivity contribution in [3.05, 3.63) is 89.7 Å². The molecule has 0 heterocycles. The van der Waals surface area contributed by atoms with Gasteiger partial charge in [0.1, 0.15) is 16.5 Å². The number of hydrogen-bond donors (Lipinski definition) is 1. The topological polar surface area (TPSA) is 84.9 Å². The molecule has 0 aliphatic carbocycles. The van der Waals surface area contributed by atoms with Crippen molar-refractivity contribution in [1.29, 1.82) is 0 Å². The molecule has 0 saturated carbocycles. The van der Waals surface area contributed by atoms with Crippen molar-refractivity contribution < 1.29 is 26.5 Å². The average molecular weight is 473 g/mol. The van der Waals surface area contributed by atoms with E-state index in [0.29, 0.717) is 18.8 Å². The highest BCUT2D eigenvalue weighted by molar-refractivity contribution is 7.87. The zero-order valence-electron chi connectivity index (χ0n) is 18.3. The molecule has 3 aromatic carbocycles. The third-order valence-corrected chi connectivity index (χ3v) is 6.02. The predicted molar refractivity (Wildman–Crippen MR) is 123 cm³/mol. The van der Waals surface area contributed by atoms with Gasteiger partial charge in [-0.15, -0.1) is 0 Å². The van der Waals surface area contributed by atoms with E-state index in [4.69, 9.17) is 8.92 Å². The van der Waals surface area contributed by atoms with Gasteiger partial charge in [-0.1, -0.05) is 29.8 Å². The fourth-order valence-corrected chi connectivity index (χ4v) is 3.87. The van der Waals surface area contributed by atoms with Crippen LogP contribution in [0.15, 0.2) is 77.7 Å². The largest absolute Gasteiger partial charge is 0.383 e. The highest BCUT2D eigenvalue weighted by Gasteiger charge is 2.18. The van der Waals surface area contributed by atoms with Crippen molar-refractivity contribution in [2.75, 3.05) is 25.6 Å². The molecule has 174 valence electrons. The van der Waals surface area contributed by atoms with Gasteiger partial charge in [-0.3, -0.25) is 0 Å². The first-order valence-corrected chi connectivity index (χ1v) is 11.6. The number of nitrogens with one attached hydrogen (secondary N) is 1. The molecule has 1 N–H and O–H groups in total. The second-order valence-electron chi connectivity index (χ2n) is 7.35. The standard InChI is InChI=1S/C24H25FN2O5S/c1-18-3-9-21(10-4-18)26-24(28)27(15-16-31-2)17-19-5-11-22(12-6-19)32-33(29,30)23-13-7-20(25)8-14-23/h3-14H,15-17H2,1-2H3,(H,26,28). The molecule has 2 amide bonds. The summed E-state index contributed by atoms with van der Waals surface area (Å²) in [4.78, 5) is 14.2. The maximum atomic E-state index is 13.0. The van der Waals surface area contributed by atoms with Crippen molar-refractivity contribution in [1.82, 2.24) is 4.90 Å². The fourth-order valence-electron chi connectivity index (χ4n) is 2.94. The molecule has 3 aromatic rings. The van der Waals surface area contributed by atoms with E-state index >= 15 is 0 Å². The van der Waals surface area contributed by atoms with E-state index in [-0.39, 0.29) is 23.2 Å². The minimum Gasteiger partial charge on any atom is -0.383 e. The molecule has 0 saturated heterocycles. The second-order valence-corrected chi connectivity index (χ2v) is 8.89. The number of amides is 2. The number of anilines is 1. The number of benzene rings is 3. The van der Waals surface area contributed by atoms with Crippen LogP contribution in [0.2, 0.25) is 0 Å². The molecule has 0 atom stereocenters. The number of urea groups is 1. The first kappa shape index (κ1) is 24.2. The summed E-state index contributed by atoms with van der Waals surface area (Å²) in [6.07, 6.45) is 0. The van der Waals surface area contributed by atoms with E-state index in [1.165, 1.54) is 12.1 Å². The van der Waals surface area contributed by atoms with Gasteiger partial charge in [-0.05, 0) is 61.0 Å². The average Bonchev–Trinajstić information content (AvgIpc) is 2.79. The van der Waals surface area contributed by atoms with E-state index in [1.807, 2.05) is 31.2 Å². The maximum absolute atomic E-state index is 13.0. The second kappa shape index (κ2) is 10.9. The first-order chi connectivity index (χ1) is 15.8. The molecule has 0 aliphatic heterocycles. The Labute approximate surface area is 192 Å². The Kier molecular flexibility index (Phi) is 8.02. The monoisotopic (exact) mass is 472 g/mol. The van der Waals surface area contributed by atoms with Crippen molar-refractivity contribution >= 4 is 21.8 Å². The van der Waals surface area contributed by atoms with Crippen LogP contribution >= 0.6 is 0 Å². The molecule has 9 heteroatoms. The minimum atomic E-state index is -4.09. The number of methoxy groups -OCH3 is 1. The van der Waals surface area contributed by atoms with Crippen LogP contribution in [-0.4, -0.2) is 39.6 Å². The Bertz CT molecular complexity index is 1160. The summed E-state index contributed by atoms with van der Waals surface area (Å²) in [5.74, 6) is -0.432. The molecular formula is C24H25FN2O5S. The van der Waals surface area contributed by atoms with Gasteiger partial charge in [0.05, 0.1) is 6.61 Å². The van der Waals surface area contributed by atoms with Crippen molar-refractivity contribution in [2.24, 2.45) is 0 Å². The summed E-state index contributed by atoms with van der Waals surface area (Å²) in [6.45, 7) is 2.98. The predicted octanol–water partition coefficient (Wildman–Crippen LogP) is 4.58. The zero-order valence-corrected chi connectivity index (χ0v) is 19.1. The number of nitrogens with zero attached hydrogens (tertiary/aromatic N) is 1. The van der Waals surface area contributed by atoms with Gasteiger partial charge in [-0.25, -0.2) is 9.18 Å². The van der Waals surface area contributed by atoms with Gasteiger partial charge in [-0.2, -0.15) is 8.42 Å². The summed E-state index contributed by atoms with van der Waals surface area (Å²) < 4.78 is 48.0. The summed E-state index contributed by atoms with van der Waals surface area (Å²) in [7, 11) is -2.53. The van der Waals surface area contributed by atoms with Gasteiger partial charge < -0.3 is 19.1 Å². The number of hydrogen-bond acceptors (Lipinski definition) is 5. The summed E-state index contributed by atoms with van der Waals surface area (Å²) in [6, 6.07) is 17.9. The van der Waals surface area contributed by atoms with Crippen molar-refractivity contribution in [2.45, 2.75) is 18.4 Å². The van der Waals surface area contributed by atoms with E-state index in [1.54, 1.807) is 24.1 Å². The fraction of sp³-hybridized carbons (Fsp3) is 0.208. The van der Waals surface area contributed by atoms with Gasteiger partial charge in [0.2, 0.25) is 0 Å². The molecule has 3 rings (SSSR count). The number of ether oxygens (including phenoxy) is 1. The normalized spacial score (nSPS) is 11.1. The maximum Gasteiger partial charge on any atom is 0.339 e. The lowest BCUT2D eigenvalue weighted by Crippen LogP contribution is -2.36. The lowest BCUT2D eigenvalue weighted by molar-refractivity contribution is 0.153. The van der Waals surface area contributed by atoms with Crippen LogP contribution in [0, 0.1) is 12.7 Å². The third kappa shape index (κ3) is 7.03. The molecule has 0 spiro atoms. The molecular weight excluding hydrogens is 447 g/mol. The molecule has 0 radical (unpaired) electrons. The minimum absolute atomic E-state index is 0.107. The van der Waals surface area contributed by atoms with Gasteiger partial charge in [0.15, 0.2) is 0 Å². The molecule has 0 bridgehead atoms. The lowest BCUT2D eigenvalue weighted by atomic mass is 10.2. The van der Waals surface area contributed by atoms with E-state index in [0.717, 1.165) is 35.4 Å². The number of aryl methyl sites for hydroxylation is 1. The van der Waals surface area contributed by atoms with Gasteiger partial charge in [0.25, 0.3) is 0 Å². The molecule has 0 unspecified atom stereocenters. The van der Waals surface area contributed by atoms with Crippen molar-refractivity contribution in [3.63, 3.8) is 0 Å². The summed E-state index contributed by atoms with van der Waals surface area (Å²) in [5.41, 5.74) is 2.55. The molecule has 0 aliphatic rings. The van der Waals surface area contributed by atoms with Gasteiger partial charge in [0, 0.05) is 25.9 Å². The van der Waals surface area contributed by atoms with E-state index < -0.39 is 15.9 Å². The Balaban J connectivity index is 1.67. The lowest BCUT2D eigenvalue weighted by Gasteiger charge is -2.23. The third-order valence-electron chi connectivity index (χ3n) is 4.76. The smallest absolute Gasteiger partial charge is 0.339 e. The number of carbonyl (C=O) groups excluding carboxylic acids is 1. The van der Waals surface area contributed by atoms with E-state index in [9.17, 15) is 17.6 Å². The Morgan fingerprint density at radius 2 is 1.61 bits per heavy atom. The molecule has 33 heavy (non-hydrogen) atoms. The Morgan fingerprint density at radius 3 is 2.21 bits per heavy atom. The van der Waals surface area contributed by atoms with Crippen LogP contribution in [0.3, 0.4) is 0 Å². The SMILES string of the molecule is COCCN(Cc1ccc(OS(=O)(=O)c2ccc(F)cc2)cc1)C(=O)Nc1ccc(C)cc1. The zero-order chi connectivity index (χ0) is 23.8. The van der Waals surface area contributed by atoms with Crippen molar-refractivity contribution in [3.8, 4) is 5.75 Å². The van der Waals surface area contributed by atoms with Crippen LogP contribution in [0.5, 0.6) is 5.75 Å². The van der Waals surface area contributed by atoms with E-state index in [2.05, 4.69) is 5.32 Å². The summed E-state index contributed by atoms with van der Waals surface area (Å²) >= 11 is 0. The van der Waals surface area contributed by atoms with Crippen LogP contribution in [0.4, 0.5) is 14.9 Å². The van der Waals surface area contributed by atoms with Crippen LogP contribution in [0.25, 0.3) is 0 Å². The highest BCUT2D eigenvalue weighted by Crippen LogP contribution is 2.20. The highest BCUT2D eigenvalue weighted by atomic mass is 32.2. The number of halogens is 1. The van der Waals surface area contributed by atoms with Crippen LogP contribution in [-0.2, 0) is 21.4 Å². The molecule has 7 nitrogen and oxygen atoms in total. The van der Waals surface area contributed by atoms with Crippen LogP contribution < -0.4 is 9.50 Å². The number of rotatable bonds is 9.